The first-order valence-electron chi connectivity index (χ1n) is 6.31. The number of thioether (sulfide) groups is 1. The van der Waals surface area contributed by atoms with Gasteiger partial charge >= 0.3 is 0 Å². The van der Waals surface area contributed by atoms with E-state index in [-0.39, 0.29) is 5.91 Å². The van der Waals surface area contributed by atoms with Crippen LogP contribution in [0.1, 0.15) is 20.3 Å². The molecule has 0 saturated carbocycles. The number of methoxy groups -OCH3 is 1. The summed E-state index contributed by atoms with van der Waals surface area (Å²) in [6, 6.07) is 0. The number of rotatable bonds is 11. The third-order valence-electron chi connectivity index (χ3n) is 2.47. The van der Waals surface area contributed by atoms with Crippen LogP contribution < -0.4 is 5.32 Å². The first kappa shape index (κ1) is 16.7. The fraction of sp³-hybridized carbons (Fsp3) is 0.917. The largest absolute Gasteiger partial charge is 0.383 e. The van der Waals surface area contributed by atoms with Crippen molar-refractivity contribution in [3.05, 3.63) is 0 Å². The highest BCUT2D eigenvalue weighted by Crippen LogP contribution is 2.04. The van der Waals surface area contributed by atoms with Crippen LogP contribution in [0.5, 0.6) is 0 Å². The lowest BCUT2D eigenvalue weighted by molar-refractivity contribution is -0.127. The van der Waals surface area contributed by atoms with Gasteiger partial charge in [0.1, 0.15) is 0 Å². The van der Waals surface area contributed by atoms with Gasteiger partial charge in [0.2, 0.25) is 5.91 Å². The molecule has 0 aromatic carbocycles. The summed E-state index contributed by atoms with van der Waals surface area (Å²) in [5, 5.41) is 3.29. The third-order valence-corrected chi connectivity index (χ3v) is 3.50. The van der Waals surface area contributed by atoms with E-state index in [1.807, 2.05) is 18.7 Å². The van der Waals surface area contributed by atoms with Crippen molar-refractivity contribution in [1.82, 2.24) is 10.2 Å². The molecule has 0 aliphatic rings. The maximum atomic E-state index is 11.7. The number of nitrogens with zero attached hydrogens (tertiary/aromatic N) is 1. The van der Waals surface area contributed by atoms with Crippen molar-refractivity contribution < 1.29 is 9.53 Å². The molecule has 0 saturated heterocycles. The Morgan fingerprint density at radius 1 is 1.29 bits per heavy atom. The minimum Gasteiger partial charge on any atom is -0.383 e. The summed E-state index contributed by atoms with van der Waals surface area (Å²) in [7, 11) is 1.70. The molecule has 4 nitrogen and oxygen atoms in total. The lowest BCUT2D eigenvalue weighted by Crippen LogP contribution is -2.32. The number of hydrogen-bond donors (Lipinski definition) is 1. The van der Waals surface area contributed by atoms with Crippen LogP contribution in [0.4, 0.5) is 0 Å². The van der Waals surface area contributed by atoms with Gasteiger partial charge in [0.15, 0.2) is 0 Å². The van der Waals surface area contributed by atoms with Crippen molar-refractivity contribution in [2.45, 2.75) is 20.3 Å². The lowest BCUT2D eigenvalue weighted by Gasteiger charge is -2.18. The van der Waals surface area contributed by atoms with Crippen molar-refractivity contribution in [3.63, 3.8) is 0 Å². The molecule has 1 N–H and O–H groups in total. The minimum absolute atomic E-state index is 0.257. The van der Waals surface area contributed by atoms with Crippen LogP contribution in [0.25, 0.3) is 0 Å². The van der Waals surface area contributed by atoms with E-state index in [9.17, 15) is 4.79 Å². The van der Waals surface area contributed by atoms with Gasteiger partial charge in [0, 0.05) is 26.7 Å². The molecule has 17 heavy (non-hydrogen) atoms. The smallest absolute Gasteiger partial charge is 0.232 e. The van der Waals surface area contributed by atoms with E-state index in [4.69, 9.17) is 4.74 Å². The van der Waals surface area contributed by atoms with Crippen LogP contribution in [0.15, 0.2) is 0 Å². The summed E-state index contributed by atoms with van der Waals surface area (Å²) in [6.45, 7) is 8.32. The molecule has 0 aromatic rings. The number of nitrogens with one attached hydrogen (secondary N) is 1. The molecule has 5 heteroatoms. The zero-order valence-corrected chi connectivity index (χ0v) is 12.1. The van der Waals surface area contributed by atoms with Gasteiger partial charge in [-0.15, -0.1) is 0 Å². The summed E-state index contributed by atoms with van der Waals surface area (Å²) < 4.78 is 4.93. The van der Waals surface area contributed by atoms with Crippen molar-refractivity contribution in [3.8, 4) is 0 Å². The Labute approximate surface area is 109 Å². The number of ether oxygens (including phenoxy) is 1. The second kappa shape index (κ2) is 12.2. The fourth-order valence-electron chi connectivity index (χ4n) is 1.43. The summed E-state index contributed by atoms with van der Waals surface area (Å²) in [5.41, 5.74) is 0. The summed E-state index contributed by atoms with van der Waals surface area (Å²) in [5.74, 6) is 1.90. The van der Waals surface area contributed by atoms with Crippen LogP contribution >= 0.6 is 11.8 Å². The molecule has 0 spiro atoms. The minimum atomic E-state index is 0.257. The SMILES string of the molecule is CCN(CC)C(=O)CSCCCNCCOC. The Balaban J connectivity index is 3.30. The normalized spacial score (nSPS) is 10.5. The van der Waals surface area contributed by atoms with Crippen LogP contribution in [-0.2, 0) is 9.53 Å². The first-order valence-corrected chi connectivity index (χ1v) is 7.46. The maximum absolute atomic E-state index is 11.7. The van der Waals surface area contributed by atoms with E-state index in [2.05, 4.69) is 5.32 Å². The first-order chi connectivity index (χ1) is 8.26. The van der Waals surface area contributed by atoms with Gasteiger partial charge in [-0.25, -0.2) is 0 Å². The third kappa shape index (κ3) is 9.44. The maximum Gasteiger partial charge on any atom is 0.232 e. The molecule has 1 amide bonds. The van der Waals surface area contributed by atoms with E-state index >= 15 is 0 Å². The van der Waals surface area contributed by atoms with Crippen molar-refractivity contribution in [2.75, 3.05) is 51.4 Å². The highest BCUT2D eigenvalue weighted by molar-refractivity contribution is 7.99. The highest BCUT2D eigenvalue weighted by atomic mass is 32.2. The van der Waals surface area contributed by atoms with E-state index in [0.29, 0.717) is 5.75 Å². The van der Waals surface area contributed by atoms with Gasteiger partial charge in [-0.05, 0) is 32.6 Å². The molecule has 102 valence electrons. The van der Waals surface area contributed by atoms with E-state index in [0.717, 1.165) is 45.0 Å². The standard InChI is InChI=1S/C12H26N2O2S/c1-4-14(5-2)12(15)11-17-10-6-7-13-8-9-16-3/h13H,4-11H2,1-3H3. The molecule has 0 aliphatic heterocycles. The second-order valence-electron chi connectivity index (χ2n) is 3.71. The average Bonchev–Trinajstić information content (AvgIpc) is 2.34. The van der Waals surface area contributed by atoms with Crippen LogP contribution in [0.2, 0.25) is 0 Å². The van der Waals surface area contributed by atoms with Gasteiger partial charge in [0.05, 0.1) is 12.4 Å². The Bertz CT molecular complexity index is 187. The molecule has 0 radical (unpaired) electrons. The monoisotopic (exact) mass is 262 g/mol. The summed E-state index contributed by atoms with van der Waals surface area (Å²) in [6.07, 6.45) is 1.10. The van der Waals surface area contributed by atoms with Gasteiger partial charge in [-0.2, -0.15) is 11.8 Å². The average molecular weight is 262 g/mol. The lowest BCUT2D eigenvalue weighted by atomic mass is 10.5. The van der Waals surface area contributed by atoms with Gasteiger partial charge < -0.3 is 15.0 Å². The molecular formula is C12H26N2O2S. The van der Waals surface area contributed by atoms with E-state index < -0.39 is 0 Å². The quantitative estimate of drug-likeness (QED) is 0.568. The molecule has 0 atom stereocenters. The summed E-state index contributed by atoms with van der Waals surface area (Å²) in [4.78, 5) is 13.5. The molecule has 0 rings (SSSR count). The molecule has 0 unspecified atom stereocenters. The Kier molecular flexibility index (Phi) is 12.0. The second-order valence-corrected chi connectivity index (χ2v) is 4.82. The zero-order valence-electron chi connectivity index (χ0n) is 11.3. The Morgan fingerprint density at radius 2 is 2.00 bits per heavy atom. The number of amides is 1. The van der Waals surface area contributed by atoms with E-state index in [1.54, 1.807) is 18.9 Å². The predicted molar refractivity (Wildman–Crippen MR) is 74.6 cm³/mol. The fourth-order valence-corrected chi connectivity index (χ4v) is 2.28. The van der Waals surface area contributed by atoms with Gasteiger partial charge in [-0.1, -0.05) is 0 Å². The highest BCUT2D eigenvalue weighted by Gasteiger charge is 2.08. The van der Waals surface area contributed by atoms with Crippen molar-refractivity contribution in [2.24, 2.45) is 0 Å². The molecular weight excluding hydrogens is 236 g/mol. The number of carbonyl (C=O) groups excluding carboxylic acids is 1. The zero-order chi connectivity index (χ0) is 12.9. The molecule has 0 heterocycles. The van der Waals surface area contributed by atoms with Crippen LogP contribution in [-0.4, -0.2) is 62.2 Å². The predicted octanol–water partition coefficient (Wildman–Crippen LogP) is 1.21. The van der Waals surface area contributed by atoms with Crippen molar-refractivity contribution >= 4 is 17.7 Å². The Morgan fingerprint density at radius 3 is 2.59 bits per heavy atom. The topological polar surface area (TPSA) is 41.6 Å². The van der Waals surface area contributed by atoms with Gasteiger partial charge in [0.25, 0.3) is 0 Å². The Hall–Kier alpha value is -0.260. The van der Waals surface area contributed by atoms with Crippen LogP contribution in [0.3, 0.4) is 0 Å². The summed E-state index contributed by atoms with van der Waals surface area (Å²) >= 11 is 1.72. The number of hydrogen-bond acceptors (Lipinski definition) is 4. The molecule has 0 fully saturated rings. The van der Waals surface area contributed by atoms with Crippen molar-refractivity contribution in [1.29, 1.82) is 0 Å². The molecule has 0 aliphatic carbocycles. The van der Waals surface area contributed by atoms with Gasteiger partial charge in [-0.3, -0.25) is 4.79 Å². The molecule has 0 aromatic heterocycles. The van der Waals surface area contributed by atoms with E-state index in [1.165, 1.54) is 0 Å². The van der Waals surface area contributed by atoms with Crippen LogP contribution in [0, 0.1) is 0 Å². The molecule has 0 bridgehead atoms. The number of carbonyl (C=O) groups is 1.